The molecule has 0 heterocycles. The number of hydrogen-bond donors (Lipinski definition) is 2. The molecule has 1 amide bonds. The quantitative estimate of drug-likeness (QED) is 0.881. The van der Waals surface area contributed by atoms with Gasteiger partial charge in [0.25, 0.3) is 0 Å². The van der Waals surface area contributed by atoms with E-state index in [1.54, 1.807) is 30.3 Å². The molecular weight excluding hydrogens is 323 g/mol. The molecule has 2 aromatic rings. The Morgan fingerprint density at radius 3 is 2.70 bits per heavy atom. The second-order valence-electron chi connectivity index (χ2n) is 4.40. The van der Waals surface area contributed by atoms with Crippen LogP contribution >= 0.6 is 15.9 Å². The molecule has 0 aliphatic carbocycles. The summed E-state index contributed by atoms with van der Waals surface area (Å²) in [7, 11) is 0. The van der Waals surface area contributed by atoms with Crippen LogP contribution in [0.25, 0.3) is 0 Å². The number of carbonyl (C=O) groups is 1. The highest BCUT2D eigenvalue weighted by molar-refractivity contribution is 9.10. The Balaban J connectivity index is 1.96. The third kappa shape index (κ3) is 3.88. The Morgan fingerprint density at radius 2 is 2.00 bits per heavy atom. The van der Waals surface area contributed by atoms with Crippen LogP contribution in [0, 0.1) is 5.82 Å². The zero-order chi connectivity index (χ0) is 14.5. The van der Waals surface area contributed by atoms with E-state index in [0.717, 1.165) is 5.56 Å². The Morgan fingerprint density at radius 1 is 1.20 bits per heavy atom. The summed E-state index contributed by atoms with van der Waals surface area (Å²) in [6, 6.07) is 12.0. The number of rotatable bonds is 5. The standard InChI is InChI=1S/C15H14BrFN2O/c16-13-5-4-12(14(17)7-13)9-19-8-10-2-1-3-11(6-10)15(18)20/h1-7,19H,8-9H2,(H2,18,20). The molecule has 3 N–H and O–H groups in total. The van der Waals surface area contributed by atoms with Gasteiger partial charge in [0.1, 0.15) is 5.82 Å². The van der Waals surface area contributed by atoms with Crippen LogP contribution in [0.3, 0.4) is 0 Å². The summed E-state index contributed by atoms with van der Waals surface area (Å²) in [6.45, 7) is 0.955. The van der Waals surface area contributed by atoms with Gasteiger partial charge in [-0.1, -0.05) is 34.1 Å². The highest BCUT2D eigenvalue weighted by Gasteiger charge is 2.04. The van der Waals surface area contributed by atoms with Gasteiger partial charge in [-0.3, -0.25) is 4.79 Å². The van der Waals surface area contributed by atoms with Crippen molar-refractivity contribution in [2.75, 3.05) is 0 Å². The molecule has 20 heavy (non-hydrogen) atoms. The molecule has 0 aliphatic rings. The Kier molecular flexibility index (Phi) is 4.87. The number of halogens is 2. The second-order valence-corrected chi connectivity index (χ2v) is 5.32. The van der Waals surface area contributed by atoms with Crippen molar-refractivity contribution in [2.24, 2.45) is 5.73 Å². The van der Waals surface area contributed by atoms with Gasteiger partial charge in [0, 0.05) is 28.7 Å². The van der Waals surface area contributed by atoms with Crippen LogP contribution in [0.5, 0.6) is 0 Å². The fourth-order valence-corrected chi connectivity index (χ4v) is 2.17. The number of primary amides is 1. The molecule has 104 valence electrons. The van der Waals surface area contributed by atoms with E-state index in [1.807, 2.05) is 6.07 Å². The lowest BCUT2D eigenvalue weighted by atomic mass is 10.1. The minimum absolute atomic E-state index is 0.252. The van der Waals surface area contributed by atoms with Crippen LogP contribution in [0.1, 0.15) is 21.5 Å². The van der Waals surface area contributed by atoms with Gasteiger partial charge in [-0.05, 0) is 29.8 Å². The SMILES string of the molecule is NC(=O)c1cccc(CNCc2ccc(Br)cc2F)c1. The predicted molar refractivity (Wildman–Crippen MR) is 79.6 cm³/mol. The molecule has 0 unspecified atom stereocenters. The topological polar surface area (TPSA) is 55.1 Å². The van der Waals surface area contributed by atoms with Gasteiger partial charge < -0.3 is 11.1 Å². The number of nitrogens with two attached hydrogens (primary N) is 1. The van der Waals surface area contributed by atoms with Crippen LogP contribution in [-0.2, 0) is 13.1 Å². The third-order valence-corrected chi connectivity index (χ3v) is 3.36. The molecule has 0 bridgehead atoms. The van der Waals surface area contributed by atoms with Gasteiger partial charge in [-0.25, -0.2) is 4.39 Å². The third-order valence-electron chi connectivity index (χ3n) is 2.87. The fraction of sp³-hybridized carbons (Fsp3) is 0.133. The maximum atomic E-state index is 13.6. The number of hydrogen-bond acceptors (Lipinski definition) is 2. The maximum absolute atomic E-state index is 13.6. The van der Waals surface area contributed by atoms with E-state index >= 15 is 0 Å². The first kappa shape index (κ1) is 14.7. The summed E-state index contributed by atoms with van der Waals surface area (Å²) >= 11 is 3.22. The molecule has 0 aliphatic heterocycles. The van der Waals surface area contributed by atoms with Gasteiger partial charge in [0.2, 0.25) is 5.91 Å². The van der Waals surface area contributed by atoms with Crippen molar-refractivity contribution >= 4 is 21.8 Å². The van der Waals surface area contributed by atoms with E-state index < -0.39 is 5.91 Å². The number of carbonyl (C=O) groups excluding carboxylic acids is 1. The molecule has 0 fully saturated rings. The van der Waals surface area contributed by atoms with Crippen LogP contribution < -0.4 is 11.1 Å². The van der Waals surface area contributed by atoms with E-state index in [-0.39, 0.29) is 5.82 Å². The molecule has 3 nitrogen and oxygen atoms in total. The van der Waals surface area contributed by atoms with Crippen molar-refractivity contribution in [3.63, 3.8) is 0 Å². The lowest BCUT2D eigenvalue weighted by molar-refractivity contribution is 0.1000. The summed E-state index contributed by atoms with van der Waals surface area (Å²) in [5.41, 5.74) is 7.22. The van der Waals surface area contributed by atoms with Gasteiger partial charge in [0.05, 0.1) is 0 Å². The first-order valence-corrected chi connectivity index (χ1v) is 6.89. The number of nitrogens with one attached hydrogen (secondary N) is 1. The Labute approximate surface area is 125 Å². The minimum Gasteiger partial charge on any atom is -0.366 e. The lowest BCUT2D eigenvalue weighted by Crippen LogP contribution is -2.15. The van der Waals surface area contributed by atoms with Crippen molar-refractivity contribution in [1.29, 1.82) is 0 Å². The average molecular weight is 337 g/mol. The molecule has 0 aromatic heterocycles. The van der Waals surface area contributed by atoms with Crippen molar-refractivity contribution in [3.8, 4) is 0 Å². The zero-order valence-corrected chi connectivity index (χ0v) is 12.3. The first-order valence-electron chi connectivity index (χ1n) is 6.09. The lowest BCUT2D eigenvalue weighted by Gasteiger charge is -2.07. The smallest absolute Gasteiger partial charge is 0.248 e. The van der Waals surface area contributed by atoms with Crippen LogP contribution in [0.2, 0.25) is 0 Å². The molecule has 2 rings (SSSR count). The molecule has 0 radical (unpaired) electrons. The van der Waals surface area contributed by atoms with Crippen molar-refractivity contribution in [3.05, 3.63) is 69.4 Å². The van der Waals surface area contributed by atoms with Gasteiger partial charge in [-0.15, -0.1) is 0 Å². The molecule has 0 saturated carbocycles. The van der Waals surface area contributed by atoms with Gasteiger partial charge in [-0.2, -0.15) is 0 Å². The molecular formula is C15H14BrFN2O. The van der Waals surface area contributed by atoms with E-state index in [4.69, 9.17) is 5.73 Å². The first-order chi connectivity index (χ1) is 9.56. The van der Waals surface area contributed by atoms with Crippen LogP contribution in [0.4, 0.5) is 4.39 Å². The molecule has 0 saturated heterocycles. The summed E-state index contributed by atoms with van der Waals surface area (Å²) in [5.74, 6) is -0.705. The largest absolute Gasteiger partial charge is 0.366 e. The maximum Gasteiger partial charge on any atom is 0.248 e. The van der Waals surface area contributed by atoms with Crippen LogP contribution in [0.15, 0.2) is 46.9 Å². The highest BCUT2D eigenvalue weighted by atomic mass is 79.9. The van der Waals surface area contributed by atoms with E-state index in [1.165, 1.54) is 6.07 Å². The van der Waals surface area contributed by atoms with Crippen molar-refractivity contribution < 1.29 is 9.18 Å². The molecule has 5 heteroatoms. The highest BCUT2D eigenvalue weighted by Crippen LogP contribution is 2.15. The van der Waals surface area contributed by atoms with Crippen molar-refractivity contribution in [2.45, 2.75) is 13.1 Å². The molecule has 0 spiro atoms. The number of amides is 1. The summed E-state index contributed by atoms with van der Waals surface area (Å²) in [6.07, 6.45) is 0. The van der Waals surface area contributed by atoms with E-state index in [2.05, 4.69) is 21.2 Å². The molecule has 0 atom stereocenters. The van der Waals surface area contributed by atoms with Crippen molar-refractivity contribution in [1.82, 2.24) is 5.32 Å². The minimum atomic E-state index is -0.453. The molecule has 2 aromatic carbocycles. The van der Waals surface area contributed by atoms with Crippen LogP contribution in [-0.4, -0.2) is 5.91 Å². The van der Waals surface area contributed by atoms with E-state index in [9.17, 15) is 9.18 Å². The summed E-state index contributed by atoms with van der Waals surface area (Å²) in [4.78, 5) is 11.1. The van der Waals surface area contributed by atoms with Gasteiger partial charge in [0.15, 0.2) is 0 Å². The zero-order valence-electron chi connectivity index (χ0n) is 10.7. The normalized spacial score (nSPS) is 10.5. The number of benzene rings is 2. The Bertz CT molecular complexity index is 631. The monoisotopic (exact) mass is 336 g/mol. The Hall–Kier alpha value is -1.72. The summed E-state index contributed by atoms with van der Waals surface area (Å²) < 4.78 is 14.3. The fourth-order valence-electron chi connectivity index (χ4n) is 1.84. The van der Waals surface area contributed by atoms with E-state index in [0.29, 0.717) is 28.7 Å². The second kappa shape index (κ2) is 6.63. The average Bonchev–Trinajstić information content (AvgIpc) is 2.41. The summed E-state index contributed by atoms with van der Waals surface area (Å²) in [5, 5.41) is 3.14. The van der Waals surface area contributed by atoms with Gasteiger partial charge >= 0.3 is 0 Å². The predicted octanol–water partition coefficient (Wildman–Crippen LogP) is 2.98.